The second-order valence-electron chi connectivity index (χ2n) is 5.83. The van der Waals surface area contributed by atoms with Crippen molar-refractivity contribution in [1.29, 1.82) is 0 Å². The molecule has 0 aliphatic carbocycles. The van der Waals surface area contributed by atoms with E-state index in [0.717, 1.165) is 29.4 Å². The second-order valence-corrected chi connectivity index (χ2v) is 9.71. The minimum Gasteiger partial charge on any atom is -0.497 e. The van der Waals surface area contributed by atoms with Gasteiger partial charge in [0.15, 0.2) is 0 Å². The Morgan fingerprint density at radius 1 is 1.04 bits per heavy atom. The van der Waals surface area contributed by atoms with Gasteiger partial charge in [0.25, 0.3) is 10.0 Å². The first-order valence-corrected chi connectivity index (χ1v) is 10.9. The third-order valence-electron chi connectivity index (χ3n) is 4.21. The van der Waals surface area contributed by atoms with Crippen molar-refractivity contribution in [2.75, 3.05) is 46.4 Å². The molecule has 0 N–H and O–H groups in total. The molecule has 0 spiro atoms. The highest BCUT2D eigenvalue weighted by Gasteiger charge is 2.29. The van der Waals surface area contributed by atoms with Crippen molar-refractivity contribution in [3.63, 3.8) is 0 Å². The molecule has 1 aliphatic rings. The van der Waals surface area contributed by atoms with Crippen LogP contribution in [0.5, 0.6) is 11.5 Å². The number of methoxy groups -OCH3 is 1. The van der Waals surface area contributed by atoms with Crippen LogP contribution in [-0.4, -0.2) is 64.1 Å². The van der Waals surface area contributed by atoms with Gasteiger partial charge in [-0.05, 0) is 36.4 Å². The topological polar surface area (TPSA) is 59.1 Å². The SMILES string of the molecule is COc1ccc(OCCN2CCN(S(=O)(=O)c3ccc(Cl)s3)CC2)cc1. The number of piperazine rings is 1. The molecule has 1 aromatic carbocycles. The molecule has 9 heteroatoms. The summed E-state index contributed by atoms with van der Waals surface area (Å²) in [6, 6.07) is 10.6. The molecule has 2 heterocycles. The molecule has 0 saturated carbocycles. The van der Waals surface area contributed by atoms with Crippen LogP contribution in [0.1, 0.15) is 0 Å². The Kier molecular flexibility index (Phi) is 6.42. The maximum atomic E-state index is 12.6. The smallest absolute Gasteiger partial charge is 0.252 e. The third kappa shape index (κ3) is 4.69. The Morgan fingerprint density at radius 3 is 2.27 bits per heavy atom. The lowest BCUT2D eigenvalue weighted by atomic mass is 10.3. The van der Waals surface area contributed by atoms with Crippen LogP contribution in [0.3, 0.4) is 0 Å². The van der Waals surface area contributed by atoms with Gasteiger partial charge in [0.2, 0.25) is 0 Å². The number of ether oxygens (including phenoxy) is 2. The van der Waals surface area contributed by atoms with E-state index in [0.29, 0.717) is 41.3 Å². The van der Waals surface area contributed by atoms with Gasteiger partial charge in [-0.3, -0.25) is 4.90 Å². The summed E-state index contributed by atoms with van der Waals surface area (Å²) in [6.45, 7) is 3.62. The van der Waals surface area contributed by atoms with Gasteiger partial charge in [0.1, 0.15) is 22.3 Å². The first kappa shape index (κ1) is 19.4. The summed E-state index contributed by atoms with van der Waals surface area (Å²) in [5.41, 5.74) is 0. The standard InChI is InChI=1S/C17H21ClN2O4S2/c1-23-14-2-4-15(5-3-14)24-13-12-19-8-10-20(11-9-19)26(21,22)17-7-6-16(18)25-17/h2-7H,8-13H2,1H3. The molecule has 1 fully saturated rings. The normalized spacial score (nSPS) is 16.5. The van der Waals surface area contributed by atoms with E-state index in [4.69, 9.17) is 21.1 Å². The predicted molar refractivity (Wildman–Crippen MR) is 103 cm³/mol. The van der Waals surface area contributed by atoms with Crippen LogP contribution in [0.4, 0.5) is 0 Å². The summed E-state index contributed by atoms with van der Waals surface area (Å²) in [7, 11) is -1.81. The average Bonchev–Trinajstić information content (AvgIpc) is 3.10. The van der Waals surface area contributed by atoms with Gasteiger partial charge in [0.05, 0.1) is 11.4 Å². The van der Waals surface area contributed by atoms with Gasteiger partial charge in [-0.15, -0.1) is 11.3 Å². The summed E-state index contributed by atoms with van der Waals surface area (Å²) >= 11 is 6.96. The third-order valence-corrected chi connectivity index (χ3v) is 7.81. The van der Waals surface area contributed by atoms with E-state index in [9.17, 15) is 8.42 Å². The summed E-state index contributed by atoms with van der Waals surface area (Å²) in [4.78, 5) is 2.21. The van der Waals surface area contributed by atoms with E-state index in [2.05, 4.69) is 4.90 Å². The van der Waals surface area contributed by atoms with E-state index in [1.807, 2.05) is 24.3 Å². The zero-order valence-electron chi connectivity index (χ0n) is 14.4. The molecule has 6 nitrogen and oxygen atoms in total. The van der Waals surface area contributed by atoms with Crippen molar-refractivity contribution in [2.24, 2.45) is 0 Å². The largest absolute Gasteiger partial charge is 0.497 e. The highest BCUT2D eigenvalue weighted by molar-refractivity contribution is 7.91. The molecular weight excluding hydrogens is 396 g/mol. The number of halogens is 1. The van der Waals surface area contributed by atoms with Crippen molar-refractivity contribution in [3.05, 3.63) is 40.7 Å². The number of sulfonamides is 1. The first-order chi connectivity index (χ1) is 12.5. The molecular formula is C17H21ClN2O4S2. The minimum atomic E-state index is -3.44. The Labute approximate surface area is 162 Å². The van der Waals surface area contributed by atoms with Crippen LogP contribution in [-0.2, 0) is 10.0 Å². The molecule has 1 saturated heterocycles. The second kappa shape index (κ2) is 8.58. The number of benzene rings is 1. The molecule has 2 aromatic rings. The molecule has 0 radical (unpaired) electrons. The summed E-state index contributed by atoms with van der Waals surface area (Å²) in [5.74, 6) is 1.59. The number of hydrogen-bond acceptors (Lipinski definition) is 6. The lowest BCUT2D eigenvalue weighted by Crippen LogP contribution is -2.49. The van der Waals surface area contributed by atoms with E-state index >= 15 is 0 Å². The maximum absolute atomic E-state index is 12.6. The zero-order chi connectivity index (χ0) is 18.6. The van der Waals surface area contributed by atoms with Gasteiger partial charge in [0, 0.05) is 32.7 Å². The Bertz CT molecular complexity index is 816. The van der Waals surface area contributed by atoms with Crippen LogP contribution in [0, 0.1) is 0 Å². The minimum absolute atomic E-state index is 0.304. The van der Waals surface area contributed by atoms with Crippen molar-refractivity contribution in [2.45, 2.75) is 4.21 Å². The first-order valence-electron chi connectivity index (χ1n) is 8.24. The molecule has 1 aliphatic heterocycles. The molecule has 26 heavy (non-hydrogen) atoms. The summed E-state index contributed by atoms with van der Waals surface area (Å²) in [5, 5.41) is 0. The van der Waals surface area contributed by atoms with Crippen molar-refractivity contribution < 1.29 is 17.9 Å². The molecule has 1 aromatic heterocycles. The van der Waals surface area contributed by atoms with Crippen molar-refractivity contribution >= 4 is 33.0 Å². The van der Waals surface area contributed by atoms with Crippen LogP contribution < -0.4 is 9.47 Å². The van der Waals surface area contributed by atoms with Crippen LogP contribution in [0.25, 0.3) is 0 Å². The monoisotopic (exact) mass is 416 g/mol. The number of thiophene rings is 1. The maximum Gasteiger partial charge on any atom is 0.252 e. The lowest BCUT2D eigenvalue weighted by Gasteiger charge is -2.33. The van der Waals surface area contributed by atoms with Gasteiger partial charge in [-0.25, -0.2) is 8.42 Å². The quantitative estimate of drug-likeness (QED) is 0.694. The molecule has 142 valence electrons. The summed E-state index contributed by atoms with van der Waals surface area (Å²) in [6.07, 6.45) is 0. The Morgan fingerprint density at radius 2 is 1.69 bits per heavy atom. The molecule has 0 bridgehead atoms. The van der Waals surface area contributed by atoms with Crippen LogP contribution in [0.15, 0.2) is 40.6 Å². The zero-order valence-corrected chi connectivity index (χ0v) is 16.8. The van der Waals surface area contributed by atoms with Crippen molar-refractivity contribution in [3.8, 4) is 11.5 Å². The Balaban J connectivity index is 1.45. The highest BCUT2D eigenvalue weighted by Crippen LogP contribution is 2.28. The fraction of sp³-hybridized carbons (Fsp3) is 0.412. The number of nitrogens with zero attached hydrogens (tertiary/aromatic N) is 2. The average molecular weight is 417 g/mol. The van der Waals surface area contributed by atoms with E-state index in [-0.39, 0.29) is 0 Å². The summed E-state index contributed by atoms with van der Waals surface area (Å²) < 4.78 is 38.3. The van der Waals surface area contributed by atoms with Crippen LogP contribution in [0.2, 0.25) is 4.34 Å². The molecule has 0 unspecified atom stereocenters. The number of hydrogen-bond donors (Lipinski definition) is 0. The Hall–Kier alpha value is -1.32. The highest BCUT2D eigenvalue weighted by atomic mass is 35.5. The van der Waals surface area contributed by atoms with E-state index in [1.165, 1.54) is 4.31 Å². The molecule has 0 atom stereocenters. The van der Waals surface area contributed by atoms with Gasteiger partial charge >= 0.3 is 0 Å². The van der Waals surface area contributed by atoms with Gasteiger partial charge in [-0.2, -0.15) is 4.31 Å². The lowest BCUT2D eigenvalue weighted by molar-refractivity contribution is 0.159. The van der Waals surface area contributed by atoms with Gasteiger partial charge < -0.3 is 9.47 Å². The molecule has 0 amide bonds. The predicted octanol–water partition coefficient (Wildman–Crippen LogP) is 2.80. The fourth-order valence-corrected chi connectivity index (χ4v) is 5.78. The fourth-order valence-electron chi connectivity index (χ4n) is 2.72. The van der Waals surface area contributed by atoms with E-state index < -0.39 is 10.0 Å². The van der Waals surface area contributed by atoms with E-state index in [1.54, 1.807) is 19.2 Å². The van der Waals surface area contributed by atoms with Crippen LogP contribution >= 0.6 is 22.9 Å². The van der Waals surface area contributed by atoms with Crippen molar-refractivity contribution in [1.82, 2.24) is 9.21 Å². The molecule has 3 rings (SSSR count). The number of rotatable bonds is 7. The van der Waals surface area contributed by atoms with Gasteiger partial charge in [-0.1, -0.05) is 11.6 Å².